The van der Waals surface area contributed by atoms with Gasteiger partial charge in [-0.15, -0.1) is 4.68 Å². The molecule has 1 amide bonds. The van der Waals surface area contributed by atoms with Crippen LogP contribution >= 0.6 is 39.1 Å². The second kappa shape index (κ2) is 15.9. The summed E-state index contributed by atoms with van der Waals surface area (Å²) in [6.07, 6.45) is 0.201. The number of tetrazole rings is 1. The van der Waals surface area contributed by atoms with Gasteiger partial charge in [-0.25, -0.2) is 18.8 Å². The van der Waals surface area contributed by atoms with Gasteiger partial charge in [0, 0.05) is 25.2 Å². The number of carbonyl (C=O) groups excluding carboxylic acids is 2. The summed E-state index contributed by atoms with van der Waals surface area (Å²) in [5.74, 6) is -1.73. The van der Waals surface area contributed by atoms with E-state index >= 15 is 0 Å². The van der Waals surface area contributed by atoms with Crippen LogP contribution in [-0.2, 0) is 18.0 Å². The molecule has 0 radical (unpaired) electrons. The molecule has 0 aliphatic heterocycles. The molecule has 0 atom stereocenters. The van der Waals surface area contributed by atoms with Gasteiger partial charge < -0.3 is 9.64 Å². The number of benzene rings is 2. The summed E-state index contributed by atoms with van der Waals surface area (Å²) in [6.45, 7) is 5.67. The van der Waals surface area contributed by atoms with Crippen LogP contribution < -0.4 is 5.69 Å². The summed E-state index contributed by atoms with van der Waals surface area (Å²) in [6, 6.07) is 8.42. The van der Waals surface area contributed by atoms with Gasteiger partial charge in [0.1, 0.15) is 11.5 Å². The lowest BCUT2D eigenvalue weighted by molar-refractivity contribution is -0.144. The van der Waals surface area contributed by atoms with Crippen LogP contribution in [0.1, 0.15) is 68.9 Å². The molecule has 4 aromatic rings. The molecule has 1 aliphatic carbocycles. The third-order valence-corrected chi connectivity index (χ3v) is 8.96. The monoisotopic (exact) mass is 791 g/mol. The number of carbonyl (C=O) groups is 2. The van der Waals surface area contributed by atoms with Gasteiger partial charge in [-0.3, -0.25) is 4.68 Å². The lowest BCUT2D eigenvalue weighted by Crippen LogP contribution is -2.46. The van der Waals surface area contributed by atoms with Crippen LogP contribution in [0.25, 0.3) is 16.9 Å². The van der Waals surface area contributed by atoms with Gasteiger partial charge in [0.2, 0.25) is 0 Å². The average Bonchev–Trinajstić information content (AvgIpc) is 3.56. The van der Waals surface area contributed by atoms with Crippen molar-refractivity contribution in [2.24, 2.45) is 7.05 Å². The molecule has 18 heteroatoms. The summed E-state index contributed by atoms with van der Waals surface area (Å²) < 4.78 is 60.5. The number of rotatable bonds is 6. The van der Waals surface area contributed by atoms with Crippen molar-refractivity contribution in [3.63, 3.8) is 0 Å². The molecule has 0 N–H and O–H groups in total. The maximum absolute atomic E-state index is 14.3. The van der Waals surface area contributed by atoms with E-state index in [2.05, 4.69) is 31.5 Å². The molecule has 5 rings (SSSR count). The number of ether oxygens (including phenoxy) is 1. The fraction of sp³-hybridized carbons (Fsp3) is 0.419. The van der Waals surface area contributed by atoms with Crippen molar-refractivity contribution in [1.29, 1.82) is 0 Å². The molecule has 1 fully saturated rings. The Labute approximate surface area is 296 Å². The van der Waals surface area contributed by atoms with E-state index in [-0.39, 0.29) is 27.9 Å². The molecule has 2 heterocycles. The fourth-order valence-electron chi connectivity index (χ4n) is 5.35. The Morgan fingerprint density at radius 3 is 2.31 bits per heavy atom. The first-order chi connectivity index (χ1) is 23.1. The van der Waals surface area contributed by atoms with Crippen molar-refractivity contribution < 1.29 is 31.9 Å². The average molecular weight is 793 g/mol. The van der Waals surface area contributed by atoms with Crippen LogP contribution in [0.15, 0.2) is 45.7 Å². The summed E-state index contributed by atoms with van der Waals surface area (Å²) in [7, 11) is 1.08. The SMILES string of the molecule is CC(C)OC(=O)c1cc(-c2nn(C)c(C(F)(F)F)c2Br)c(F)cc1Cl.CCN(C(=O)n1nnn(-c2ccccc2Cl)c1=O)C1CCCCC1. The van der Waals surface area contributed by atoms with Crippen LogP contribution in [0.2, 0.25) is 10.0 Å². The highest BCUT2D eigenvalue weighted by atomic mass is 79.9. The minimum atomic E-state index is -4.69. The highest BCUT2D eigenvalue weighted by Crippen LogP contribution is 2.41. The lowest BCUT2D eigenvalue weighted by Gasteiger charge is -2.32. The van der Waals surface area contributed by atoms with E-state index in [0.29, 0.717) is 21.9 Å². The third-order valence-electron chi connectivity index (χ3n) is 7.58. The predicted octanol–water partition coefficient (Wildman–Crippen LogP) is 7.93. The first kappa shape index (κ1) is 38.0. The Morgan fingerprint density at radius 1 is 1.08 bits per heavy atom. The summed E-state index contributed by atoms with van der Waals surface area (Å²) >= 11 is 14.8. The summed E-state index contributed by atoms with van der Waals surface area (Å²) in [4.78, 5) is 39.1. The smallest absolute Gasteiger partial charge is 0.434 e. The zero-order chi connectivity index (χ0) is 36.2. The van der Waals surface area contributed by atoms with Crippen molar-refractivity contribution in [1.82, 2.24) is 34.5 Å². The van der Waals surface area contributed by atoms with Crippen molar-refractivity contribution in [3.8, 4) is 16.9 Å². The molecule has 2 aromatic heterocycles. The van der Waals surface area contributed by atoms with E-state index in [4.69, 9.17) is 27.9 Å². The number of halogens is 7. The molecule has 11 nitrogen and oxygen atoms in total. The standard InChI is InChI=1S/C16H20ClN5O2.C15H12BrClF4N2O2/c1-2-20(12-8-4-3-5-9-12)15(23)22-16(24)21(18-19-22)14-11-7-6-10-13(14)17;1-6(2)25-14(24)7-4-8(10(18)5-9(7)17)12-11(16)13(15(19,20)21)23(3)22-12/h6-7,10-12H,2-5,8-9H2,1H3;4-6H,1-3H3. The Bertz CT molecular complexity index is 1890. The number of aryl methyl sites for hydroxylation is 1. The highest BCUT2D eigenvalue weighted by molar-refractivity contribution is 9.10. The zero-order valence-electron chi connectivity index (χ0n) is 26.8. The third kappa shape index (κ3) is 8.52. The number of nitrogens with zero attached hydrogens (tertiary/aromatic N) is 7. The molecule has 0 saturated heterocycles. The molecule has 1 saturated carbocycles. The van der Waals surface area contributed by atoms with Gasteiger partial charge >= 0.3 is 23.9 Å². The van der Waals surface area contributed by atoms with E-state index in [1.54, 1.807) is 43.0 Å². The number of hydrogen-bond donors (Lipinski definition) is 0. The molecular formula is C31H32BrCl2F4N7O4. The number of aromatic nitrogens is 6. The van der Waals surface area contributed by atoms with Gasteiger partial charge in [-0.2, -0.15) is 23.0 Å². The van der Waals surface area contributed by atoms with Crippen molar-refractivity contribution in [2.45, 2.75) is 71.2 Å². The predicted molar refractivity (Wildman–Crippen MR) is 178 cm³/mol. The molecule has 2 aromatic carbocycles. The molecule has 1 aliphatic rings. The number of esters is 1. The largest absolute Gasteiger partial charge is 0.459 e. The maximum Gasteiger partial charge on any atom is 0.434 e. The van der Waals surface area contributed by atoms with E-state index in [0.717, 1.165) is 54.2 Å². The van der Waals surface area contributed by atoms with Crippen molar-refractivity contribution >= 4 is 51.1 Å². The van der Waals surface area contributed by atoms with Gasteiger partial charge in [0.15, 0.2) is 5.69 Å². The van der Waals surface area contributed by atoms with Crippen molar-refractivity contribution in [3.05, 3.63) is 78.5 Å². The fourth-order valence-corrected chi connectivity index (χ4v) is 6.57. The molecule has 0 spiro atoms. The number of para-hydroxylation sites is 1. The highest BCUT2D eigenvalue weighted by Gasteiger charge is 2.39. The van der Waals surface area contributed by atoms with Gasteiger partial charge in [0.05, 0.1) is 31.9 Å². The van der Waals surface area contributed by atoms with E-state index in [1.807, 2.05) is 6.92 Å². The second-order valence-electron chi connectivity index (χ2n) is 11.3. The van der Waals surface area contributed by atoms with Crippen LogP contribution in [-0.4, -0.2) is 65.2 Å². The number of hydrogen-bond acceptors (Lipinski definition) is 7. The van der Waals surface area contributed by atoms with Gasteiger partial charge in [0.25, 0.3) is 0 Å². The molecule has 49 heavy (non-hydrogen) atoms. The van der Waals surface area contributed by atoms with Crippen LogP contribution in [0.3, 0.4) is 0 Å². The molecule has 0 bridgehead atoms. The van der Waals surface area contributed by atoms with Crippen LogP contribution in [0.5, 0.6) is 0 Å². The Hall–Kier alpha value is -3.76. The van der Waals surface area contributed by atoms with E-state index in [1.165, 1.54) is 6.42 Å². The Morgan fingerprint density at radius 2 is 1.73 bits per heavy atom. The van der Waals surface area contributed by atoms with Gasteiger partial charge in [-0.1, -0.05) is 54.6 Å². The second-order valence-corrected chi connectivity index (χ2v) is 12.9. The van der Waals surface area contributed by atoms with E-state index in [9.17, 15) is 31.9 Å². The summed E-state index contributed by atoms with van der Waals surface area (Å²) in [5, 5.41) is 11.5. The van der Waals surface area contributed by atoms with E-state index < -0.39 is 46.0 Å². The molecule has 264 valence electrons. The Kier molecular flexibility index (Phi) is 12.3. The minimum absolute atomic E-state index is 0.161. The van der Waals surface area contributed by atoms with Crippen LogP contribution in [0, 0.1) is 5.82 Å². The normalized spacial score (nSPS) is 13.6. The van der Waals surface area contributed by atoms with Crippen molar-refractivity contribution in [2.75, 3.05) is 6.54 Å². The van der Waals surface area contributed by atoms with Crippen LogP contribution in [0.4, 0.5) is 22.4 Å². The first-order valence-electron chi connectivity index (χ1n) is 15.2. The Balaban J connectivity index is 0.000000221. The van der Waals surface area contributed by atoms with Gasteiger partial charge in [-0.05, 0) is 84.2 Å². The molecule has 0 unspecified atom stereocenters. The number of amides is 1. The minimum Gasteiger partial charge on any atom is -0.459 e. The zero-order valence-corrected chi connectivity index (χ0v) is 29.9. The maximum atomic E-state index is 14.3. The first-order valence-corrected chi connectivity index (χ1v) is 16.7. The topological polar surface area (TPSA) is 117 Å². The summed E-state index contributed by atoms with van der Waals surface area (Å²) in [5.41, 5.74) is -2.06. The lowest BCUT2D eigenvalue weighted by atomic mass is 9.94. The molecular weight excluding hydrogens is 761 g/mol. The number of alkyl halides is 3. The quantitative estimate of drug-likeness (QED) is 0.111.